The summed E-state index contributed by atoms with van der Waals surface area (Å²) in [6.45, 7) is 3.10. The third-order valence-electron chi connectivity index (χ3n) is 2.29. The van der Waals surface area contributed by atoms with Crippen molar-refractivity contribution in [3.8, 4) is 0 Å². The van der Waals surface area contributed by atoms with E-state index in [1.165, 1.54) is 19.3 Å². The Hall–Kier alpha value is -1.03. The number of rotatable bonds is 7. The van der Waals surface area contributed by atoms with Crippen LogP contribution in [0.3, 0.4) is 0 Å². The minimum absolute atomic E-state index is 0.564. The molecule has 0 aliphatic heterocycles. The SMILES string of the molecule is CCCCCCNc1nc(NC)ncc1Cl. The maximum absolute atomic E-state index is 5.98. The molecule has 0 aromatic carbocycles. The maximum atomic E-state index is 5.98. The number of aromatic nitrogens is 2. The zero-order chi connectivity index (χ0) is 11.8. The lowest BCUT2D eigenvalue weighted by Crippen LogP contribution is -2.06. The normalized spacial score (nSPS) is 10.2. The van der Waals surface area contributed by atoms with E-state index in [1.807, 2.05) is 0 Å². The molecule has 1 heterocycles. The number of hydrogen-bond donors (Lipinski definition) is 2. The standard InChI is InChI=1S/C11H19ClN4/c1-3-4-5-6-7-14-10-9(12)8-15-11(13-2)16-10/h8H,3-7H2,1-2H3,(H2,13,14,15,16). The second-order valence-corrected chi connectivity index (χ2v) is 4.03. The number of halogens is 1. The zero-order valence-electron chi connectivity index (χ0n) is 9.89. The fraction of sp³-hybridized carbons (Fsp3) is 0.636. The van der Waals surface area contributed by atoms with Crippen LogP contribution in [-0.4, -0.2) is 23.6 Å². The summed E-state index contributed by atoms with van der Waals surface area (Å²) in [7, 11) is 1.79. The molecule has 90 valence electrons. The zero-order valence-corrected chi connectivity index (χ0v) is 10.6. The van der Waals surface area contributed by atoms with E-state index in [4.69, 9.17) is 11.6 Å². The highest BCUT2D eigenvalue weighted by atomic mass is 35.5. The van der Waals surface area contributed by atoms with E-state index in [9.17, 15) is 0 Å². The van der Waals surface area contributed by atoms with Crippen molar-refractivity contribution in [3.63, 3.8) is 0 Å². The van der Waals surface area contributed by atoms with Crippen molar-refractivity contribution < 1.29 is 0 Å². The van der Waals surface area contributed by atoms with Gasteiger partial charge in [0.25, 0.3) is 0 Å². The minimum atomic E-state index is 0.564. The van der Waals surface area contributed by atoms with E-state index < -0.39 is 0 Å². The Balaban J connectivity index is 2.40. The van der Waals surface area contributed by atoms with Crippen LogP contribution in [0.5, 0.6) is 0 Å². The summed E-state index contributed by atoms with van der Waals surface area (Å²) in [5.41, 5.74) is 0. The Labute approximate surface area is 102 Å². The summed E-state index contributed by atoms with van der Waals surface area (Å²) < 4.78 is 0. The molecule has 0 unspecified atom stereocenters. The molecule has 1 rings (SSSR count). The lowest BCUT2D eigenvalue weighted by atomic mass is 10.2. The van der Waals surface area contributed by atoms with Gasteiger partial charge in [0.2, 0.25) is 5.95 Å². The van der Waals surface area contributed by atoms with Gasteiger partial charge in [0.1, 0.15) is 10.8 Å². The predicted molar refractivity (Wildman–Crippen MR) is 69.2 cm³/mol. The molecule has 0 amide bonds. The van der Waals surface area contributed by atoms with Gasteiger partial charge in [0, 0.05) is 13.6 Å². The summed E-state index contributed by atoms with van der Waals surface area (Å²) in [6.07, 6.45) is 6.52. The van der Waals surface area contributed by atoms with Gasteiger partial charge in [-0.1, -0.05) is 37.8 Å². The van der Waals surface area contributed by atoms with Crippen LogP contribution < -0.4 is 10.6 Å². The largest absolute Gasteiger partial charge is 0.369 e. The average molecular weight is 243 g/mol. The molecule has 0 aliphatic carbocycles. The summed E-state index contributed by atoms with van der Waals surface area (Å²) >= 11 is 5.98. The lowest BCUT2D eigenvalue weighted by molar-refractivity contribution is 0.684. The second-order valence-electron chi connectivity index (χ2n) is 3.63. The van der Waals surface area contributed by atoms with E-state index in [2.05, 4.69) is 27.5 Å². The molecule has 0 radical (unpaired) electrons. The highest BCUT2D eigenvalue weighted by Crippen LogP contribution is 2.19. The predicted octanol–water partition coefficient (Wildman–Crippen LogP) is 3.16. The number of unbranched alkanes of at least 4 members (excludes halogenated alkanes) is 3. The van der Waals surface area contributed by atoms with E-state index in [-0.39, 0.29) is 0 Å². The van der Waals surface area contributed by atoms with Crippen LogP contribution in [0, 0.1) is 0 Å². The van der Waals surface area contributed by atoms with Crippen LogP contribution in [0.2, 0.25) is 5.02 Å². The number of nitrogens with zero attached hydrogens (tertiary/aromatic N) is 2. The molecule has 0 spiro atoms. The topological polar surface area (TPSA) is 49.8 Å². The Kier molecular flexibility index (Phi) is 5.93. The van der Waals surface area contributed by atoms with Gasteiger partial charge in [-0.25, -0.2) is 4.98 Å². The highest BCUT2D eigenvalue weighted by molar-refractivity contribution is 6.32. The Morgan fingerprint density at radius 1 is 1.31 bits per heavy atom. The average Bonchev–Trinajstić information content (AvgIpc) is 2.31. The summed E-state index contributed by atoms with van der Waals surface area (Å²) in [5.74, 6) is 1.29. The molecule has 1 aromatic heterocycles. The van der Waals surface area contributed by atoms with Crippen molar-refractivity contribution in [1.29, 1.82) is 0 Å². The highest BCUT2D eigenvalue weighted by Gasteiger charge is 2.03. The van der Waals surface area contributed by atoms with Crippen LogP contribution in [0.25, 0.3) is 0 Å². The number of hydrogen-bond acceptors (Lipinski definition) is 4. The Bertz CT molecular complexity index is 317. The first kappa shape index (κ1) is 13.0. The van der Waals surface area contributed by atoms with Gasteiger partial charge >= 0.3 is 0 Å². The van der Waals surface area contributed by atoms with E-state index >= 15 is 0 Å². The molecular weight excluding hydrogens is 224 g/mol. The van der Waals surface area contributed by atoms with Crippen molar-refractivity contribution in [2.24, 2.45) is 0 Å². The van der Waals surface area contributed by atoms with Gasteiger partial charge in [-0.05, 0) is 6.42 Å². The van der Waals surface area contributed by atoms with Gasteiger partial charge in [-0.2, -0.15) is 4.98 Å². The van der Waals surface area contributed by atoms with Crippen molar-refractivity contribution >= 4 is 23.4 Å². The summed E-state index contributed by atoms with van der Waals surface area (Å²) in [5, 5.41) is 6.67. The molecule has 0 fully saturated rings. The maximum Gasteiger partial charge on any atom is 0.224 e. The van der Waals surface area contributed by atoms with Crippen LogP contribution >= 0.6 is 11.6 Å². The quantitative estimate of drug-likeness (QED) is 0.722. The third-order valence-corrected chi connectivity index (χ3v) is 2.57. The molecule has 0 atom stereocenters. The summed E-state index contributed by atoms with van der Waals surface area (Å²) in [6, 6.07) is 0. The molecule has 0 saturated heterocycles. The first-order chi connectivity index (χ1) is 7.77. The van der Waals surface area contributed by atoms with E-state index in [0.29, 0.717) is 16.8 Å². The number of nitrogens with one attached hydrogen (secondary N) is 2. The Morgan fingerprint density at radius 3 is 2.81 bits per heavy atom. The van der Waals surface area contributed by atoms with E-state index in [1.54, 1.807) is 13.2 Å². The molecular formula is C11H19ClN4. The molecule has 1 aromatic rings. The molecule has 0 aliphatic rings. The molecule has 4 nitrogen and oxygen atoms in total. The van der Waals surface area contributed by atoms with Crippen molar-refractivity contribution in [3.05, 3.63) is 11.2 Å². The van der Waals surface area contributed by atoms with Crippen LogP contribution in [0.15, 0.2) is 6.20 Å². The first-order valence-electron chi connectivity index (χ1n) is 5.72. The fourth-order valence-electron chi connectivity index (χ4n) is 1.37. The molecule has 0 bridgehead atoms. The fourth-order valence-corrected chi connectivity index (χ4v) is 1.53. The molecule has 0 saturated carbocycles. The third kappa shape index (κ3) is 4.23. The number of anilines is 2. The summed E-state index contributed by atoms with van der Waals surface area (Å²) in [4.78, 5) is 8.26. The monoisotopic (exact) mass is 242 g/mol. The van der Waals surface area contributed by atoms with Crippen LogP contribution in [0.4, 0.5) is 11.8 Å². The molecule has 5 heteroatoms. The van der Waals surface area contributed by atoms with Gasteiger partial charge < -0.3 is 10.6 Å². The molecule has 16 heavy (non-hydrogen) atoms. The van der Waals surface area contributed by atoms with E-state index in [0.717, 1.165) is 13.0 Å². The second kappa shape index (κ2) is 7.28. The van der Waals surface area contributed by atoms with Gasteiger partial charge in [0.05, 0.1) is 6.20 Å². The van der Waals surface area contributed by atoms with Crippen molar-refractivity contribution in [2.75, 3.05) is 24.2 Å². The van der Waals surface area contributed by atoms with Crippen LogP contribution in [0.1, 0.15) is 32.6 Å². The van der Waals surface area contributed by atoms with Gasteiger partial charge in [-0.3, -0.25) is 0 Å². The first-order valence-corrected chi connectivity index (χ1v) is 6.10. The lowest BCUT2D eigenvalue weighted by Gasteiger charge is -2.08. The smallest absolute Gasteiger partial charge is 0.224 e. The van der Waals surface area contributed by atoms with Gasteiger partial charge in [-0.15, -0.1) is 0 Å². The van der Waals surface area contributed by atoms with Crippen molar-refractivity contribution in [2.45, 2.75) is 32.6 Å². The van der Waals surface area contributed by atoms with Crippen LogP contribution in [-0.2, 0) is 0 Å². The molecule has 2 N–H and O–H groups in total. The Morgan fingerprint density at radius 2 is 2.12 bits per heavy atom. The minimum Gasteiger partial charge on any atom is -0.369 e. The van der Waals surface area contributed by atoms with Crippen molar-refractivity contribution in [1.82, 2.24) is 9.97 Å². The van der Waals surface area contributed by atoms with Gasteiger partial charge in [0.15, 0.2) is 0 Å².